The van der Waals surface area contributed by atoms with Gasteiger partial charge < -0.3 is 15.1 Å². The van der Waals surface area contributed by atoms with E-state index in [0.29, 0.717) is 12.0 Å². The molecule has 2 rings (SSSR count). The Morgan fingerprint density at radius 1 is 1.35 bits per heavy atom. The summed E-state index contributed by atoms with van der Waals surface area (Å²) in [4.78, 5) is 4.59. The van der Waals surface area contributed by atoms with Gasteiger partial charge in [0.15, 0.2) is 0 Å². The van der Waals surface area contributed by atoms with Gasteiger partial charge in [0.1, 0.15) is 5.82 Å². The lowest BCUT2D eigenvalue weighted by Gasteiger charge is -2.26. The molecule has 0 saturated carbocycles. The first-order valence-electron chi connectivity index (χ1n) is 7.32. The zero-order valence-corrected chi connectivity index (χ0v) is 13.2. The Kier molecular flexibility index (Phi) is 4.66. The monoisotopic (exact) mass is 279 g/mol. The number of hydrogen-bond acceptors (Lipinski definition) is 3. The molecule has 3 nitrogen and oxygen atoms in total. The Morgan fingerprint density at radius 3 is 2.60 bits per heavy atom. The fourth-order valence-corrected chi connectivity index (χ4v) is 3.19. The minimum absolute atomic E-state index is 0.0138. The zero-order valence-electron chi connectivity index (χ0n) is 13.2. The molecule has 3 unspecified atom stereocenters. The molecular formula is C16H26FN3. The molecule has 112 valence electrons. The number of hydrogen-bond donors (Lipinski definition) is 1. The minimum atomic E-state index is -0.120. The average molecular weight is 279 g/mol. The number of nitrogens with zero attached hydrogens (tertiary/aromatic N) is 2. The summed E-state index contributed by atoms with van der Waals surface area (Å²) in [5.74, 6) is 0.469. The molecular weight excluding hydrogens is 253 g/mol. The van der Waals surface area contributed by atoms with Crippen molar-refractivity contribution >= 4 is 5.69 Å². The second kappa shape index (κ2) is 6.10. The zero-order chi connectivity index (χ0) is 14.9. The third kappa shape index (κ3) is 2.81. The first-order chi connectivity index (χ1) is 9.45. The molecule has 0 spiro atoms. The Morgan fingerprint density at radius 2 is 2.05 bits per heavy atom. The van der Waals surface area contributed by atoms with Crippen molar-refractivity contribution in [2.24, 2.45) is 5.92 Å². The van der Waals surface area contributed by atoms with Crippen molar-refractivity contribution in [2.75, 3.05) is 39.1 Å². The maximum atomic E-state index is 14.2. The fraction of sp³-hybridized carbons (Fsp3) is 0.625. The first kappa shape index (κ1) is 15.3. The highest BCUT2D eigenvalue weighted by molar-refractivity contribution is 5.56. The summed E-state index contributed by atoms with van der Waals surface area (Å²) in [7, 11) is 6.11. The largest absolute Gasteiger partial charge is 0.369 e. The van der Waals surface area contributed by atoms with Gasteiger partial charge in [0.05, 0.1) is 0 Å². The number of rotatable bonds is 4. The van der Waals surface area contributed by atoms with Gasteiger partial charge >= 0.3 is 0 Å². The van der Waals surface area contributed by atoms with Gasteiger partial charge in [0.25, 0.3) is 0 Å². The molecule has 20 heavy (non-hydrogen) atoms. The maximum Gasteiger partial charge on any atom is 0.130 e. The van der Waals surface area contributed by atoms with Crippen LogP contribution in [0.3, 0.4) is 0 Å². The fourth-order valence-electron chi connectivity index (χ4n) is 3.19. The van der Waals surface area contributed by atoms with Crippen molar-refractivity contribution in [1.82, 2.24) is 10.2 Å². The predicted octanol–water partition coefficient (Wildman–Crippen LogP) is 2.49. The van der Waals surface area contributed by atoms with E-state index in [-0.39, 0.29) is 11.9 Å². The Hall–Kier alpha value is -1.13. The Labute approximate surface area is 121 Å². The van der Waals surface area contributed by atoms with E-state index in [0.717, 1.165) is 24.3 Å². The van der Waals surface area contributed by atoms with Crippen molar-refractivity contribution in [3.05, 3.63) is 29.6 Å². The standard InChI is InChI=1S/C16H26FN3/c1-11-9-20(10-15(11)19(4)5)14-8-6-7-13(17)16(14)12(2)18-3/h6-8,11-12,15,18H,9-10H2,1-5H3. The van der Waals surface area contributed by atoms with E-state index in [4.69, 9.17) is 0 Å². The maximum absolute atomic E-state index is 14.2. The summed E-state index contributed by atoms with van der Waals surface area (Å²) in [5.41, 5.74) is 1.81. The molecule has 3 atom stereocenters. The molecule has 1 N–H and O–H groups in total. The van der Waals surface area contributed by atoms with Crippen LogP contribution in [0.25, 0.3) is 0 Å². The van der Waals surface area contributed by atoms with Crippen LogP contribution in [0.1, 0.15) is 25.5 Å². The van der Waals surface area contributed by atoms with Crippen LogP contribution >= 0.6 is 0 Å². The quantitative estimate of drug-likeness (QED) is 0.913. The van der Waals surface area contributed by atoms with Gasteiger partial charge in [-0.15, -0.1) is 0 Å². The van der Waals surface area contributed by atoms with E-state index in [1.807, 2.05) is 26.1 Å². The second-order valence-corrected chi connectivity index (χ2v) is 6.10. The van der Waals surface area contributed by atoms with Gasteiger partial charge in [-0.05, 0) is 46.1 Å². The molecule has 1 aliphatic rings. The van der Waals surface area contributed by atoms with Crippen molar-refractivity contribution in [3.63, 3.8) is 0 Å². The smallest absolute Gasteiger partial charge is 0.130 e. The molecule has 4 heteroatoms. The molecule has 0 amide bonds. The predicted molar refractivity (Wildman–Crippen MR) is 82.7 cm³/mol. The van der Waals surface area contributed by atoms with Crippen LogP contribution in [0.15, 0.2) is 18.2 Å². The van der Waals surface area contributed by atoms with Crippen LogP contribution in [-0.2, 0) is 0 Å². The third-order valence-electron chi connectivity index (χ3n) is 4.47. The van der Waals surface area contributed by atoms with E-state index in [1.54, 1.807) is 6.07 Å². The Balaban J connectivity index is 2.32. The molecule has 1 aromatic rings. The highest BCUT2D eigenvalue weighted by atomic mass is 19.1. The molecule has 0 aromatic heterocycles. The minimum Gasteiger partial charge on any atom is -0.369 e. The summed E-state index contributed by atoms with van der Waals surface area (Å²) in [6.07, 6.45) is 0. The van der Waals surface area contributed by atoms with Crippen LogP contribution in [-0.4, -0.2) is 45.2 Å². The van der Waals surface area contributed by atoms with Gasteiger partial charge in [0, 0.05) is 36.4 Å². The van der Waals surface area contributed by atoms with Crippen molar-refractivity contribution < 1.29 is 4.39 Å². The molecule has 0 bridgehead atoms. The molecule has 0 aliphatic carbocycles. The topological polar surface area (TPSA) is 18.5 Å². The van der Waals surface area contributed by atoms with Gasteiger partial charge in [-0.1, -0.05) is 13.0 Å². The molecule has 1 aromatic carbocycles. The van der Waals surface area contributed by atoms with Crippen LogP contribution in [0.4, 0.5) is 10.1 Å². The lowest BCUT2D eigenvalue weighted by atomic mass is 10.0. The van der Waals surface area contributed by atoms with Crippen LogP contribution < -0.4 is 10.2 Å². The molecule has 1 aliphatic heterocycles. The summed E-state index contributed by atoms with van der Waals surface area (Å²) < 4.78 is 14.2. The Bertz CT molecular complexity index is 461. The van der Waals surface area contributed by atoms with Crippen molar-refractivity contribution in [1.29, 1.82) is 0 Å². The molecule has 1 saturated heterocycles. The summed E-state index contributed by atoms with van der Waals surface area (Å²) in [6, 6.07) is 5.94. The van der Waals surface area contributed by atoms with E-state index in [1.165, 1.54) is 0 Å². The van der Waals surface area contributed by atoms with E-state index >= 15 is 0 Å². The van der Waals surface area contributed by atoms with E-state index in [9.17, 15) is 4.39 Å². The number of benzene rings is 1. The van der Waals surface area contributed by atoms with Crippen LogP contribution in [0, 0.1) is 11.7 Å². The first-order valence-corrected chi connectivity index (χ1v) is 7.32. The van der Waals surface area contributed by atoms with E-state index in [2.05, 4.69) is 36.1 Å². The van der Waals surface area contributed by atoms with Gasteiger partial charge in [-0.2, -0.15) is 0 Å². The highest BCUT2D eigenvalue weighted by Gasteiger charge is 2.32. The highest BCUT2D eigenvalue weighted by Crippen LogP contribution is 2.33. The summed E-state index contributed by atoms with van der Waals surface area (Å²) >= 11 is 0. The lowest BCUT2D eigenvalue weighted by molar-refractivity contribution is 0.266. The van der Waals surface area contributed by atoms with Gasteiger partial charge in [0.2, 0.25) is 0 Å². The number of likely N-dealkylation sites (N-methyl/N-ethyl adjacent to an activating group) is 1. The molecule has 1 heterocycles. The lowest BCUT2D eigenvalue weighted by Crippen LogP contribution is -2.34. The van der Waals surface area contributed by atoms with Crippen LogP contribution in [0.2, 0.25) is 0 Å². The normalized spacial score (nSPS) is 24.4. The van der Waals surface area contributed by atoms with Gasteiger partial charge in [-0.3, -0.25) is 0 Å². The van der Waals surface area contributed by atoms with Gasteiger partial charge in [-0.25, -0.2) is 4.39 Å². The average Bonchev–Trinajstić information content (AvgIpc) is 2.79. The van der Waals surface area contributed by atoms with Crippen molar-refractivity contribution in [2.45, 2.75) is 25.9 Å². The van der Waals surface area contributed by atoms with Crippen molar-refractivity contribution in [3.8, 4) is 0 Å². The van der Waals surface area contributed by atoms with E-state index < -0.39 is 0 Å². The molecule has 0 radical (unpaired) electrons. The number of halogens is 1. The SMILES string of the molecule is CNC(C)c1c(F)cccc1N1CC(C)C(N(C)C)C1. The summed E-state index contributed by atoms with van der Waals surface area (Å²) in [5, 5.41) is 3.15. The number of nitrogens with one attached hydrogen (secondary N) is 1. The van der Waals surface area contributed by atoms with Crippen LogP contribution in [0.5, 0.6) is 0 Å². The third-order valence-corrected chi connectivity index (χ3v) is 4.47. The molecule has 1 fully saturated rings. The summed E-state index contributed by atoms with van der Waals surface area (Å²) in [6.45, 7) is 6.22. The second-order valence-electron chi connectivity index (χ2n) is 6.10. The number of anilines is 1.